The number of benzene rings is 2. The van der Waals surface area contributed by atoms with Gasteiger partial charge in [-0.05, 0) is 42.5 Å². The molecule has 0 fully saturated rings. The number of nitrogens with one attached hydrogen (secondary N) is 3. The molecule has 3 amide bonds. The SMILES string of the molecule is CC(C)(C)C(=O)Nc1ccc(NC(=O)CC2Sc3ccc(Cl)cc3NC2=O)cc1. The topological polar surface area (TPSA) is 87.3 Å². The molecule has 1 unspecified atom stereocenters. The first-order valence-corrected chi connectivity index (χ1v) is 10.4. The number of carbonyl (C=O) groups is 3. The lowest BCUT2D eigenvalue weighted by Gasteiger charge is -2.23. The van der Waals surface area contributed by atoms with E-state index < -0.39 is 10.7 Å². The third-order valence-corrected chi connectivity index (χ3v) is 5.75. The van der Waals surface area contributed by atoms with Gasteiger partial charge in [0.2, 0.25) is 17.7 Å². The fourth-order valence-corrected chi connectivity index (χ4v) is 3.86. The summed E-state index contributed by atoms with van der Waals surface area (Å²) >= 11 is 7.29. The Labute approximate surface area is 178 Å². The molecule has 0 aliphatic carbocycles. The number of anilines is 3. The first-order chi connectivity index (χ1) is 13.6. The van der Waals surface area contributed by atoms with Crippen LogP contribution in [0.15, 0.2) is 47.4 Å². The van der Waals surface area contributed by atoms with Gasteiger partial charge in [0.15, 0.2) is 0 Å². The van der Waals surface area contributed by atoms with Crippen molar-refractivity contribution in [3.8, 4) is 0 Å². The number of amides is 3. The van der Waals surface area contributed by atoms with Crippen LogP contribution in [0.25, 0.3) is 0 Å². The highest BCUT2D eigenvalue weighted by Crippen LogP contribution is 2.38. The molecular formula is C21H22ClN3O3S. The van der Waals surface area contributed by atoms with E-state index in [0.717, 1.165) is 4.90 Å². The highest BCUT2D eigenvalue weighted by Gasteiger charge is 2.29. The Morgan fingerprint density at radius 1 is 1.07 bits per heavy atom. The van der Waals surface area contributed by atoms with Crippen LogP contribution in [0.5, 0.6) is 0 Å². The molecule has 0 radical (unpaired) electrons. The van der Waals surface area contributed by atoms with Crippen LogP contribution in [0.1, 0.15) is 27.2 Å². The van der Waals surface area contributed by atoms with E-state index in [1.165, 1.54) is 11.8 Å². The van der Waals surface area contributed by atoms with Crippen molar-refractivity contribution in [2.24, 2.45) is 5.41 Å². The largest absolute Gasteiger partial charge is 0.326 e. The number of hydrogen-bond acceptors (Lipinski definition) is 4. The van der Waals surface area contributed by atoms with Crippen LogP contribution >= 0.6 is 23.4 Å². The third-order valence-electron chi connectivity index (χ3n) is 4.24. The lowest BCUT2D eigenvalue weighted by Crippen LogP contribution is -2.32. The van der Waals surface area contributed by atoms with E-state index in [1.807, 2.05) is 26.8 Å². The van der Waals surface area contributed by atoms with E-state index in [1.54, 1.807) is 36.4 Å². The van der Waals surface area contributed by atoms with Gasteiger partial charge in [-0.1, -0.05) is 32.4 Å². The van der Waals surface area contributed by atoms with Gasteiger partial charge in [-0.25, -0.2) is 0 Å². The van der Waals surface area contributed by atoms with Gasteiger partial charge < -0.3 is 16.0 Å². The van der Waals surface area contributed by atoms with Crippen LogP contribution in [-0.4, -0.2) is 23.0 Å². The molecule has 29 heavy (non-hydrogen) atoms. The van der Waals surface area contributed by atoms with Gasteiger partial charge in [-0.15, -0.1) is 11.8 Å². The molecule has 3 N–H and O–H groups in total. The quantitative estimate of drug-likeness (QED) is 0.650. The van der Waals surface area contributed by atoms with Crippen LogP contribution in [0, 0.1) is 5.41 Å². The molecule has 1 aliphatic rings. The summed E-state index contributed by atoms with van der Waals surface area (Å²) in [6.07, 6.45) is 0.0427. The van der Waals surface area contributed by atoms with E-state index in [9.17, 15) is 14.4 Å². The Kier molecular flexibility index (Phi) is 6.19. The minimum atomic E-state index is -0.519. The summed E-state index contributed by atoms with van der Waals surface area (Å²) in [6.45, 7) is 5.51. The van der Waals surface area contributed by atoms with Crippen molar-refractivity contribution < 1.29 is 14.4 Å². The summed E-state index contributed by atoms with van der Waals surface area (Å²) in [5.41, 5.74) is 1.42. The number of fused-ring (bicyclic) bond motifs is 1. The first-order valence-electron chi connectivity index (χ1n) is 9.10. The maximum Gasteiger partial charge on any atom is 0.238 e. The maximum absolute atomic E-state index is 12.4. The summed E-state index contributed by atoms with van der Waals surface area (Å²) in [6, 6.07) is 12.1. The van der Waals surface area contributed by atoms with Gasteiger partial charge in [-0.2, -0.15) is 0 Å². The highest BCUT2D eigenvalue weighted by molar-refractivity contribution is 8.01. The molecule has 1 atom stereocenters. The molecule has 2 aromatic carbocycles. The van der Waals surface area contributed by atoms with Gasteiger partial charge in [0.05, 0.1) is 10.9 Å². The number of rotatable bonds is 4. The van der Waals surface area contributed by atoms with Crippen molar-refractivity contribution in [1.82, 2.24) is 0 Å². The molecule has 0 aromatic heterocycles. The molecular weight excluding hydrogens is 410 g/mol. The fraction of sp³-hybridized carbons (Fsp3) is 0.286. The predicted molar refractivity (Wildman–Crippen MR) is 118 cm³/mol. The predicted octanol–water partition coefficient (Wildman–Crippen LogP) is 4.77. The molecule has 1 aliphatic heterocycles. The van der Waals surface area contributed by atoms with Crippen LogP contribution in [-0.2, 0) is 14.4 Å². The lowest BCUT2D eigenvalue weighted by molar-refractivity contribution is -0.123. The zero-order chi connectivity index (χ0) is 21.2. The second-order valence-corrected chi connectivity index (χ2v) is 9.45. The standard InChI is InChI=1S/C21H22ClN3O3S/c1-21(2,3)20(28)24-14-7-5-13(6-8-14)23-18(26)11-17-19(27)25-15-10-12(22)4-9-16(15)29-17/h4-10,17H,11H2,1-3H3,(H,23,26)(H,24,28)(H,25,27). The molecule has 0 saturated carbocycles. The van der Waals surface area contributed by atoms with E-state index in [2.05, 4.69) is 16.0 Å². The molecule has 8 heteroatoms. The molecule has 0 bridgehead atoms. The second kappa shape index (κ2) is 8.47. The molecule has 0 spiro atoms. The van der Waals surface area contributed by atoms with Gasteiger partial charge in [0.1, 0.15) is 0 Å². The van der Waals surface area contributed by atoms with Crippen LogP contribution in [0.3, 0.4) is 0 Å². The van der Waals surface area contributed by atoms with E-state index in [4.69, 9.17) is 11.6 Å². The van der Waals surface area contributed by atoms with Crippen molar-refractivity contribution in [2.75, 3.05) is 16.0 Å². The van der Waals surface area contributed by atoms with Gasteiger partial charge >= 0.3 is 0 Å². The summed E-state index contributed by atoms with van der Waals surface area (Å²) in [5, 5.41) is 8.44. The van der Waals surface area contributed by atoms with Crippen molar-refractivity contribution in [3.63, 3.8) is 0 Å². The van der Waals surface area contributed by atoms with Gasteiger partial charge in [0, 0.05) is 33.1 Å². The summed E-state index contributed by atoms with van der Waals surface area (Å²) in [5.74, 6) is -0.571. The lowest BCUT2D eigenvalue weighted by atomic mass is 9.95. The Morgan fingerprint density at radius 2 is 1.69 bits per heavy atom. The average molecular weight is 432 g/mol. The van der Waals surface area contributed by atoms with E-state index in [0.29, 0.717) is 22.1 Å². The monoisotopic (exact) mass is 431 g/mol. The van der Waals surface area contributed by atoms with E-state index in [-0.39, 0.29) is 24.1 Å². The minimum Gasteiger partial charge on any atom is -0.326 e. The van der Waals surface area contributed by atoms with Gasteiger partial charge in [-0.3, -0.25) is 14.4 Å². The maximum atomic E-state index is 12.4. The average Bonchev–Trinajstić information content (AvgIpc) is 2.63. The van der Waals surface area contributed by atoms with E-state index >= 15 is 0 Å². The van der Waals surface area contributed by atoms with Crippen LogP contribution < -0.4 is 16.0 Å². The summed E-state index contributed by atoms with van der Waals surface area (Å²) < 4.78 is 0. The summed E-state index contributed by atoms with van der Waals surface area (Å²) in [4.78, 5) is 37.6. The van der Waals surface area contributed by atoms with Crippen molar-refractivity contribution in [1.29, 1.82) is 0 Å². The van der Waals surface area contributed by atoms with Crippen molar-refractivity contribution in [3.05, 3.63) is 47.5 Å². The molecule has 6 nitrogen and oxygen atoms in total. The zero-order valence-corrected chi connectivity index (χ0v) is 17.9. The Bertz CT molecular complexity index is 955. The second-order valence-electron chi connectivity index (χ2n) is 7.77. The molecule has 2 aromatic rings. The molecule has 0 saturated heterocycles. The van der Waals surface area contributed by atoms with Gasteiger partial charge in [0.25, 0.3) is 0 Å². The smallest absolute Gasteiger partial charge is 0.238 e. The Hall–Kier alpha value is -2.51. The molecule has 3 rings (SSSR count). The number of carbonyl (C=O) groups excluding carboxylic acids is 3. The highest BCUT2D eigenvalue weighted by atomic mass is 35.5. The minimum absolute atomic E-state index is 0.0427. The summed E-state index contributed by atoms with van der Waals surface area (Å²) in [7, 11) is 0. The van der Waals surface area contributed by atoms with Crippen LogP contribution in [0.4, 0.5) is 17.1 Å². The number of thioether (sulfide) groups is 1. The molecule has 1 heterocycles. The van der Waals surface area contributed by atoms with Crippen LogP contribution in [0.2, 0.25) is 5.02 Å². The third kappa shape index (κ3) is 5.52. The number of hydrogen-bond donors (Lipinski definition) is 3. The fourth-order valence-electron chi connectivity index (χ4n) is 2.59. The van der Waals surface area contributed by atoms with Crippen molar-refractivity contribution >= 4 is 58.1 Å². The zero-order valence-electron chi connectivity index (χ0n) is 16.3. The number of halogens is 1. The first kappa shape index (κ1) is 21.2. The van der Waals surface area contributed by atoms with Crippen molar-refractivity contribution in [2.45, 2.75) is 37.3 Å². The molecule has 152 valence electrons. The Morgan fingerprint density at radius 3 is 2.31 bits per heavy atom. The normalized spacial score (nSPS) is 15.9. The Balaban J connectivity index is 1.57.